The highest BCUT2D eigenvalue weighted by molar-refractivity contribution is 5.38. The molecule has 0 radical (unpaired) electrons. The summed E-state index contributed by atoms with van der Waals surface area (Å²) in [6.07, 6.45) is -8.23. The Balaban J connectivity index is 2.50. The van der Waals surface area contributed by atoms with Crippen molar-refractivity contribution in [2.75, 3.05) is 6.54 Å². The molecule has 1 saturated heterocycles. The zero-order valence-corrected chi connectivity index (χ0v) is 9.70. The third kappa shape index (κ3) is 3.02. The first-order chi connectivity index (χ1) is 8.69. The topological polar surface area (TPSA) is 12.0 Å². The van der Waals surface area contributed by atoms with Crippen molar-refractivity contribution in [2.45, 2.75) is 31.2 Å². The maximum absolute atomic E-state index is 12.8. The Morgan fingerprint density at radius 3 is 2.16 bits per heavy atom. The SMILES string of the molecule is FC(F)(F)c1ccc(C(F)(F)F)c([C@@H]2CCCN2)c1. The molecule has 1 aromatic rings. The van der Waals surface area contributed by atoms with E-state index in [1.54, 1.807) is 0 Å². The summed E-state index contributed by atoms with van der Waals surface area (Å²) in [6, 6.07) is 0.921. The first kappa shape index (κ1) is 14.2. The molecule has 1 atom stereocenters. The lowest BCUT2D eigenvalue weighted by molar-refractivity contribution is -0.142. The van der Waals surface area contributed by atoms with Gasteiger partial charge in [-0.25, -0.2) is 0 Å². The van der Waals surface area contributed by atoms with E-state index in [1.807, 2.05) is 0 Å². The molecule has 7 heteroatoms. The number of hydrogen-bond acceptors (Lipinski definition) is 1. The molecular weight excluding hydrogens is 272 g/mol. The van der Waals surface area contributed by atoms with E-state index in [1.165, 1.54) is 0 Å². The molecule has 0 unspecified atom stereocenters. The van der Waals surface area contributed by atoms with Gasteiger partial charge in [0.25, 0.3) is 0 Å². The predicted octanol–water partition coefficient (Wildman–Crippen LogP) is 4.15. The van der Waals surface area contributed by atoms with Crippen molar-refractivity contribution in [3.05, 3.63) is 34.9 Å². The van der Waals surface area contributed by atoms with Crippen LogP contribution in [0.4, 0.5) is 26.3 Å². The third-order valence-electron chi connectivity index (χ3n) is 3.12. The maximum atomic E-state index is 12.8. The number of nitrogens with one attached hydrogen (secondary N) is 1. The largest absolute Gasteiger partial charge is 0.416 e. The molecule has 1 N–H and O–H groups in total. The van der Waals surface area contributed by atoms with E-state index in [2.05, 4.69) is 5.32 Å². The van der Waals surface area contributed by atoms with Crippen molar-refractivity contribution >= 4 is 0 Å². The summed E-state index contributed by atoms with van der Waals surface area (Å²) in [5, 5.41) is 2.80. The number of halogens is 6. The van der Waals surface area contributed by atoms with Gasteiger partial charge in [0.05, 0.1) is 11.1 Å². The first-order valence-corrected chi connectivity index (χ1v) is 5.71. The van der Waals surface area contributed by atoms with Crippen LogP contribution in [0.1, 0.15) is 35.6 Å². The number of alkyl halides is 6. The van der Waals surface area contributed by atoms with Gasteiger partial charge < -0.3 is 5.32 Å². The average Bonchev–Trinajstić information content (AvgIpc) is 2.79. The van der Waals surface area contributed by atoms with Crippen molar-refractivity contribution in [3.8, 4) is 0 Å². The monoisotopic (exact) mass is 283 g/mol. The van der Waals surface area contributed by atoms with Crippen molar-refractivity contribution in [3.63, 3.8) is 0 Å². The summed E-state index contributed by atoms with van der Waals surface area (Å²) in [4.78, 5) is 0. The second kappa shape index (κ2) is 4.70. The Morgan fingerprint density at radius 2 is 1.68 bits per heavy atom. The number of hydrogen-bond donors (Lipinski definition) is 1. The molecule has 0 spiro atoms. The molecule has 1 aromatic carbocycles. The molecule has 1 heterocycles. The fraction of sp³-hybridized carbons (Fsp3) is 0.500. The van der Waals surface area contributed by atoms with E-state index in [-0.39, 0.29) is 5.56 Å². The lowest BCUT2D eigenvalue weighted by Crippen LogP contribution is -2.20. The Labute approximate surface area is 105 Å². The molecular formula is C12H11F6N. The highest BCUT2D eigenvalue weighted by Crippen LogP contribution is 2.40. The van der Waals surface area contributed by atoms with Crippen LogP contribution in [0, 0.1) is 0 Å². The minimum Gasteiger partial charge on any atom is -0.310 e. The molecule has 0 bridgehead atoms. The Hall–Kier alpha value is -1.24. The van der Waals surface area contributed by atoms with Gasteiger partial charge in [-0.2, -0.15) is 26.3 Å². The molecule has 19 heavy (non-hydrogen) atoms. The molecule has 1 aliphatic rings. The molecule has 1 aliphatic heterocycles. The summed E-state index contributed by atoms with van der Waals surface area (Å²) >= 11 is 0. The first-order valence-electron chi connectivity index (χ1n) is 5.71. The van der Waals surface area contributed by atoms with Gasteiger partial charge in [0.2, 0.25) is 0 Å². The summed E-state index contributed by atoms with van der Waals surface area (Å²) in [6.45, 7) is 0.512. The summed E-state index contributed by atoms with van der Waals surface area (Å²) in [5.41, 5.74) is -2.37. The van der Waals surface area contributed by atoms with Crippen LogP contribution in [0.15, 0.2) is 18.2 Å². The quantitative estimate of drug-likeness (QED) is 0.763. The lowest BCUT2D eigenvalue weighted by atomic mass is 9.96. The smallest absolute Gasteiger partial charge is 0.310 e. The van der Waals surface area contributed by atoms with Crippen LogP contribution in [0.3, 0.4) is 0 Å². The zero-order chi connectivity index (χ0) is 14.3. The standard InChI is InChI=1S/C12H11F6N/c13-11(14,15)7-3-4-9(12(16,17)18)8(6-7)10-2-1-5-19-10/h3-4,6,10,19H,1-2,5H2/t10-/m0/s1. The van der Waals surface area contributed by atoms with Crippen LogP contribution in [-0.2, 0) is 12.4 Å². The van der Waals surface area contributed by atoms with Crippen LogP contribution in [0.2, 0.25) is 0 Å². The molecule has 1 nitrogen and oxygen atoms in total. The van der Waals surface area contributed by atoms with Crippen molar-refractivity contribution < 1.29 is 26.3 Å². The maximum Gasteiger partial charge on any atom is 0.416 e. The van der Waals surface area contributed by atoms with Crippen LogP contribution in [0.5, 0.6) is 0 Å². The fourth-order valence-corrected chi connectivity index (χ4v) is 2.24. The Morgan fingerprint density at radius 1 is 1.00 bits per heavy atom. The van der Waals surface area contributed by atoms with Gasteiger partial charge in [-0.1, -0.05) is 0 Å². The fourth-order valence-electron chi connectivity index (χ4n) is 2.24. The predicted molar refractivity (Wildman–Crippen MR) is 56.4 cm³/mol. The van der Waals surface area contributed by atoms with Gasteiger partial charge in [-0.15, -0.1) is 0 Å². The van der Waals surface area contributed by atoms with Crippen LogP contribution < -0.4 is 5.32 Å². The van der Waals surface area contributed by atoms with Crippen molar-refractivity contribution in [1.82, 2.24) is 5.32 Å². The van der Waals surface area contributed by atoms with Gasteiger partial charge in [-0.3, -0.25) is 0 Å². The molecule has 0 aliphatic carbocycles. The molecule has 106 valence electrons. The summed E-state index contributed by atoms with van der Waals surface area (Å²) in [5.74, 6) is 0. The molecule has 0 amide bonds. The Bertz CT molecular complexity index is 456. The molecule has 2 rings (SSSR count). The molecule has 1 fully saturated rings. The normalized spacial score (nSPS) is 20.8. The summed E-state index contributed by atoms with van der Waals surface area (Å²) in [7, 11) is 0. The van der Waals surface area contributed by atoms with E-state index in [4.69, 9.17) is 0 Å². The van der Waals surface area contributed by atoms with Crippen LogP contribution in [0.25, 0.3) is 0 Å². The minimum atomic E-state index is -4.65. The lowest BCUT2D eigenvalue weighted by Gasteiger charge is -2.20. The second-order valence-corrected chi connectivity index (χ2v) is 4.45. The van der Waals surface area contributed by atoms with Crippen molar-refractivity contribution in [2.24, 2.45) is 0 Å². The minimum absolute atomic E-state index is 0.320. The van der Waals surface area contributed by atoms with Crippen LogP contribution in [-0.4, -0.2) is 6.54 Å². The van der Waals surface area contributed by atoms with Gasteiger partial charge in [0.15, 0.2) is 0 Å². The third-order valence-corrected chi connectivity index (χ3v) is 3.12. The van der Waals surface area contributed by atoms with Crippen LogP contribution >= 0.6 is 0 Å². The van der Waals surface area contributed by atoms with Gasteiger partial charge in [-0.05, 0) is 43.1 Å². The highest BCUT2D eigenvalue weighted by Gasteiger charge is 2.38. The van der Waals surface area contributed by atoms with Gasteiger partial charge >= 0.3 is 12.4 Å². The second-order valence-electron chi connectivity index (χ2n) is 4.45. The van der Waals surface area contributed by atoms with E-state index in [0.29, 0.717) is 37.6 Å². The molecule has 0 saturated carbocycles. The Kier molecular flexibility index (Phi) is 3.51. The number of benzene rings is 1. The van der Waals surface area contributed by atoms with Crippen molar-refractivity contribution in [1.29, 1.82) is 0 Å². The van der Waals surface area contributed by atoms with E-state index in [0.717, 1.165) is 0 Å². The zero-order valence-electron chi connectivity index (χ0n) is 9.70. The highest BCUT2D eigenvalue weighted by atomic mass is 19.4. The van der Waals surface area contributed by atoms with E-state index >= 15 is 0 Å². The van der Waals surface area contributed by atoms with Gasteiger partial charge in [0.1, 0.15) is 0 Å². The van der Waals surface area contributed by atoms with E-state index < -0.39 is 29.5 Å². The van der Waals surface area contributed by atoms with E-state index in [9.17, 15) is 26.3 Å². The average molecular weight is 283 g/mol. The van der Waals surface area contributed by atoms with Gasteiger partial charge in [0, 0.05) is 6.04 Å². The number of rotatable bonds is 1. The summed E-state index contributed by atoms with van der Waals surface area (Å²) < 4.78 is 76.2. The molecule has 0 aromatic heterocycles.